The first-order chi connectivity index (χ1) is 14.3. The quantitative estimate of drug-likeness (QED) is 0.684. The maximum atomic E-state index is 13.1. The van der Waals surface area contributed by atoms with Gasteiger partial charge in [0, 0.05) is 12.2 Å². The molecule has 0 unspecified atom stereocenters. The van der Waals surface area contributed by atoms with Crippen LogP contribution >= 0.6 is 0 Å². The maximum Gasteiger partial charge on any atom is 0.416 e. The van der Waals surface area contributed by atoms with Crippen LogP contribution in [0.5, 0.6) is 0 Å². The molecule has 3 aromatic rings. The number of hydrogen-bond donors (Lipinski definition) is 2. The van der Waals surface area contributed by atoms with Gasteiger partial charge < -0.3 is 10.6 Å². The van der Waals surface area contributed by atoms with Crippen molar-refractivity contribution in [2.75, 3.05) is 5.32 Å². The molecule has 0 saturated heterocycles. The lowest BCUT2D eigenvalue weighted by molar-refractivity contribution is -0.137. The molecule has 0 saturated carbocycles. The molecule has 2 N–H and O–H groups in total. The van der Waals surface area contributed by atoms with Crippen LogP contribution in [-0.2, 0) is 17.5 Å². The monoisotopic (exact) mass is 414 g/mol. The summed E-state index contributed by atoms with van der Waals surface area (Å²) in [5.41, 5.74) is 1.45. The first-order valence-electron chi connectivity index (χ1n) is 9.09. The number of benzene rings is 2. The predicted molar refractivity (Wildman–Crippen MR) is 102 cm³/mol. The van der Waals surface area contributed by atoms with Crippen molar-refractivity contribution in [3.05, 3.63) is 82.6 Å². The van der Waals surface area contributed by atoms with Crippen LogP contribution in [-0.4, -0.2) is 26.1 Å². The minimum absolute atomic E-state index is 0.303. The molecule has 0 fully saturated rings. The Kier molecular flexibility index (Phi) is 4.98. The van der Waals surface area contributed by atoms with Gasteiger partial charge in [0.25, 0.3) is 5.91 Å². The third kappa shape index (κ3) is 3.76. The molecule has 7 nitrogen and oxygen atoms in total. The highest BCUT2D eigenvalue weighted by atomic mass is 19.4. The zero-order chi connectivity index (χ0) is 21.3. The molecule has 0 spiro atoms. The fraction of sp³-hybridized carbons (Fsp3) is 0.200. The second kappa shape index (κ2) is 7.62. The number of amides is 1. The highest BCUT2D eigenvalue weighted by molar-refractivity contribution is 5.96. The molecule has 1 aromatic heterocycles. The molecule has 0 bridgehead atoms. The Labute approximate surface area is 169 Å². The Morgan fingerprint density at radius 1 is 1.13 bits per heavy atom. The molecule has 30 heavy (non-hydrogen) atoms. The molecular weight excluding hydrogens is 397 g/mol. The molecule has 0 aliphatic carbocycles. The van der Waals surface area contributed by atoms with Crippen LogP contribution in [0.1, 0.15) is 29.7 Å². The summed E-state index contributed by atoms with van der Waals surface area (Å²) in [5.74, 6) is -0.0630. The van der Waals surface area contributed by atoms with Crippen molar-refractivity contribution in [1.29, 1.82) is 0 Å². The zero-order valence-electron chi connectivity index (χ0n) is 15.8. The van der Waals surface area contributed by atoms with Gasteiger partial charge in [0.05, 0.1) is 11.1 Å². The van der Waals surface area contributed by atoms with E-state index >= 15 is 0 Å². The summed E-state index contributed by atoms with van der Waals surface area (Å²) >= 11 is 0. The predicted octanol–water partition coefficient (Wildman–Crippen LogP) is 3.30. The van der Waals surface area contributed by atoms with E-state index in [9.17, 15) is 18.0 Å². The number of nitrogens with zero attached hydrogens (tertiary/aromatic N) is 4. The lowest BCUT2D eigenvalue weighted by Gasteiger charge is -2.28. The third-order valence-corrected chi connectivity index (χ3v) is 4.81. The molecule has 1 atom stereocenters. The van der Waals surface area contributed by atoms with Gasteiger partial charge in [-0.25, -0.2) is 0 Å². The van der Waals surface area contributed by atoms with E-state index in [0.29, 0.717) is 29.3 Å². The number of anilines is 1. The first-order valence-corrected chi connectivity index (χ1v) is 9.09. The van der Waals surface area contributed by atoms with Gasteiger partial charge in [0.2, 0.25) is 5.95 Å². The minimum Gasteiger partial charge on any atom is -0.348 e. The Morgan fingerprint density at radius 3 is 2.50 bits per heavy atom. The van der Waals surface area contributed by atoms with E-state index in [1.807, 2.05) is 30.3 Å². The molecule has 10 heteroatoms. The van der Waals surface area contributed by atoms with Crippen LogP contribution in [0.25, 0.3) is 0 Å². The molecule has 1 aliphatic heterocycles. The molecule has 2 aromatic carbocycles. The fourth-order valence-electron chi connectivity index (χ4n) is 3.34. The largest absolute Gasteiger partial charge is 0.416 e. The standard InChI is InChI=1S/C20H17F3N6O/c1-12-16(18(30)24-11-13-5-3-2-4-6-13)17(29-19(25-12)26-27-28-29)14-7-9-15(10-8-14)20(21,22)23/h2-10,17H,11H2,1H3,(H,24,30)(H,25,26,28)/t17-/m0/s1. The summed E-state index contributed by atoms with van der Waals surface area (Å²) in [4.78, 5) is 13.1. The Bertz CT molecular complexity index is 1090. The highest BCUT2D eigenvalue weighted by Crippen LogP contribution is 2.36. The number of aromatic nitrogens is 4. The lowest BCUT2D eigenvalue weighted by Crippen LogP contribution is -2.35. The van der Waals surface area contributed by atoms with Gasteiger partial charge in [0.15, 0.2) is 0 Å². The van der Waals surface area contributed by atoms with Crippen molar-refractivity contribution in [1.82, 2.24) is 25.5 Å². The molecule has 0 radical (unpaired) electrons. The highest BCUT2D eigenvalue weighted by Gasteiger charge is 2.35. The molecular formula is C20H17F3N6O. The number of nitrogens with one attached hydrogen (secondary N) is 2. The minimum atomic E-state index is -4.45. The van der Waals surface area contributed by atoms with E-state index in [4.69, 9.17) is 0 Å². The number of allylic oxidation sites excluding steroid dienone is 1. The zero-order valence-corrected chi connectivity index (χ0v) is 15.8. The van der Waals surface area contributed by atoms with Gasteiger partial charge >= 0.3 is 6.18 Å². The number of halogens is 3. The molecule has 2 heterocycles. The number of rotatable bonds is 4. The average Bonchev–Trinajstić information content (AvgIpc) is 3.19. The summed E-state index contributed by atoms with van der Waals surface area (Å²) in [6.07, 6.45) is -4.45. The van der Waals surface area contributed by atoms with E-state index in [2.05, 4.69) is 26.2 Å². The van der Waals surface area contributed by atoms with Gasteiger partial charge in [0.1, 0.15) is 6.04 Å². The van der Waals surface area contributed by atoms with Crippen molar-refractivity contribution in [3.8, 4) is 0 Å². The van der Waals surface area contributed by atoms with Crippen LogP contribution in [0, 0.1) is 0 Å². The maximum absolute atomic E-state index is 13.1. The summed E-state index contributed by atoms with van der Waals surface area (Å²) in [6.45, 7) is 2.01. The van der Waals surface area contributed by atoms with E-state index < -0.39 is 17.8 Å². The van der Waals surface area contributed by atoms with E-state index in [-0.39, 0.29) is 5.91 Å². The van der Waals surface area contributed by atoms with E-state index in [1.54, 1.807) is 6.92 Å². The number of tetrazole rings is 1. The SMILES string of the molecule is CC1=C(C(=O)NCc2ccccc2)[C@H](c2ccc(C(F)(F)F)cc2)n2nnnc2N1. The number of alkyl halides is 3. The Morgan fingerprint density at radius 2 is 1.83 bits per heavy atom. The van der Waals surface area contributed by atoms with Crippen molar-refractivity contribution in [2.24, 2.45) is 0 Å². The van der Waals surface area contributed by atoms with Gasteiger partial charge in [-0.1, -0.05) is 47.6 Å². The van der Waals surface area contributed by atoms with Gasteiger partial charge in [-0.2, -0.15) is 17.9 Å². The van der Waals surface area contributed by atoms with Crippen LogP contribution in [0.15, 0.2) is 65.9 Å². The lowest BCUT2D eigenvalue weighted by atomic mass is 9.94. The number of hydrogen-bond acceptors (Lipinski definition) is 5. The third-order valence-electron chi connectivity index (χ3n) is 4.81. The van der Waals surface area contributed by atoms with Crippen LogP contribution in [0.2, 0.25) is 0 Å². The topological polar surface area (TPSA) is 84.7 Å². The molecule has 4 rings (SSSR count). The van der Waals surface area contributed by atoms with Crippen molar-refractivity contribution < 1.29 is 18.0 Å². The smallest absolute Gasteiger partial charge is 0.348 e. The molecule has 154 valence electrons. The van der Waals surface area contributed by atoms with Gasteiger partial charge in [-0.3, -0.25) is 4.79 Å². The number of fused-ring (bicyclic) bond motifs is 1. The van der Waals surface area contributed by atoms with Crippen molar-refractivity contribution in [3.63, 3.8) is 0 Å². The Balaban J connectivity index is 1.67. The van der Waals surface area contributed by atoms with E-state index in [1.165, 1.54) is 16.8 Å². The molecule has 1 aliphatic rings. The average molecular weight is 414 g/mol. The second-order valence-electron chi connectivity index (χ2n) is 6.80. The van der Waals surface area contributed by atoms with Crippen molar-refractivity contribution in [2.45, 2.75) is 25.7 Å². The van der Waals surface area contributed by atoms with Gasteiger partial charge in [-0.15, -0.1) is 0 Å². The number of carbonyl (C=O) groups excluding carboxylic acids is 1. The van der Waals surface area contributed by atoms with Crippen LogP contribution in [0.4, 0.5) is 19.1 Å². The summed E-state index contributed by atoms with van der Waals surface area (Å²) in [7, 11) is 0. The molecule has 1 amide bonds. The fourth-order valence-corrected chi connectivity index (χ4v) is 3.34. The Hall–Kier alpha value is -3.69. The normalized spacial score (nSPS) is 16.1. The first kappa shape index (κ1) is 19.6. The second-order valence-corrected chi connectivity index (χ2v) is 6.80. The van der Waals surface area contributed by atoms with Crippen LogP contribution in [0.3, 0.4) is 0 Å². The number of carbonyl (C=O) groups is 1. The summed E-state index contributed by atoms with van der Waals surface area (Å²) < 4.78 is 40.3. The van der Waals surface area contributed by atoms with Crippen LogP contribution < -0.4 is 10.6 Å². The summed E-state index contributed by atoms with van der Waals surface area (Å²) in [5, 5.41) is 17.2. The summed E-state index contributed by atoms with van der Waals surface area (Å²) in [6, 6.07) is 13.2. The van der Waals surface area contributed by atoms with Crippen molar-refractivity contribution >= 4 is 11.9 Å². The van der Waals surface area contributed by atoms with E-state index in [0.717, 1.165) is 17.7 Å². The van der Waals surface area contributed by atoms with Gasteiger partial charge in [-0.05, 0) is 40.6 Å².